The minimum atomic E-state index is -4.35. The van der Waals surface area contributed by atoms with Gasteiger partial charge in [-0.05, 0) is 6.92 Å². The van der Waals surface area contributed by atoms with Crippen molar-refractivity contribution in [1.29, 1.82) is 0 Å². The fourth-order valence-electron chi connectivity index (χ4n) is 0.641. The van der Waals surface area contributed by atoms with Crippen LogP contribution in [0.25, 0.3) is 0 Å². The van der Waals surface area contributed by atoms with Crippen molar-refractivity contribution < 1.29 is 27.2 Å². The van der Waals surface area contributed by atoms with E-state index in [2.05, 4.69) is 11.3 Å². The SMILES string of the molecule is C=CC(=O)OC=COC(C)(CC)S(=O)(=O)O. The Kier molecular flexibility index (Phi) is 5.19. The second kappa shape index (κ2) is 5.66. The Morgan fingerprint density at radius 1 is 1.50 bits per heavy atom. The van der Waals surface area contributed by atoms with E-state index in [1.807, 2.05) is 0 Å². The number of carbonyl (C=O) groups is 1. The van der Waals surface area contributed by atoms with Gasteiger partial charge < -0.3 is 9.47 Å². The molecule has 1 unspecified atom stereocenters. The second-order valence-electron chi connectivity index (χ2n) is 2.99. The molecule has 92 valence electrons. The fourth-order valence-corrected chi connectivity index (χ4v) is 1.18. The largest absolute Gasteiger partial charge is 0.474 e. The molecule has 16 heavy (non-hydrogen) atoms. The maximum absolute atomic E-state index is 10.9. The average molecular weight is 250 g/mol. The van der Waals surface area contributed by atoms with Crippen molar-refractivity contribution in [2.45, 2.75) is 25.2 Å². The number of carbonyl (C=O) groups excluding carboxylic acids is 1. The quantitative estimate of drug-likeness (QED) is 0.330. The van der Waals surface area contributed by atoms with Crippen LogP contribution in [0.5, 0.6) is 0 Å². The Bertz CT molecular complexity index is 383. The molecule has 0 aromatic heterocycles. The third-order valence-corrected chi connectivity index (χ3v) is 3.39. The number of hydrogen-bond acceptors (Lipinski definition) is 5. The zero-order valence-electron chi connectivity index (χ0n) is 9.04. The molecule has 0 aromatic carbocycles. The monoisotopic (exact) mass is 250 g/mol. The molecule has 0 amide bonds. The Morgan fingerprint density at radius 3 is 2.44 bits per heavy atom. The molecule has 0 saturated heterocycles. The Morgan fingerprint density at radius 2 is 2.06 bits per heavy atom. The van der Waals surface area contributed by atoms with E-state index in [9.17, 15) is 13.2 Å². The van der Waals surface area contributed by atoms with E-state index < -0.39 is 21.0 Å². The van der Waals surface area contributed by atoms with Crippen LogP contribution in [-0.2, 0) is 24.4 Å². The summed E-state index contributed by atoms with van der Waals surface area (Å²) in [4.78, 5) is 8.83. The predicted molar refractivity (Wildman–Crippen MR) is 56.8 cm³/mol. The Hall–Kier alpha value is -1.34. The third kappa shape index (κ3) is 4.03. The van der Waals surface area contributed by atoms with Gasteiger partial charge in [-0.1, -0.05) is 13.5 Å². The first kappa shape index (κ1) is 14.7. The van der Waals surface area contributed by atoms with Crippen LogP contribution in [0.1, 0.15) is 20.3 Å². The van der Waals surface area contributed by atoms with Crippen LogP contribution in [0.3, 0.4) is 0 Å². The summed E-state index contributed by atoms with van der Waals surface area (Å²) < 4.78 is 40.0. The minimum Gasteiger partial charge on any atom is -0.474 e. The van der Waals surface area contributed by atoms with E-state index in [0.29, 0.717) is 0 Å². The van der Waals surface area contributed by atoms with E-state index in [4.69, 9.17) is 9.29 Å². The molecular formula is C9H14O6S. The molecule has 0 fully saturated rings. The molecule has 0 aliphatic heterocycles. The van der Waals surface area contributed by atoms with Gasteiger partial charge in [-0.15, -0.1) is 0 Å². The van der Waals surface area contributed by atoms with E-state index in [1.165, 1.54) is 13.8 Å². The molecule has 0 aromatic rings. The zero-order valence-corrected chi connectivity index (χ0v) is 9.86. The van der Waals surface area contributed by atoms with E-state index in [0.717, 1.165) is 18.6 Å². The summed E-state index contributed by atoms with van der Waals surface area (Å²) in [7, 11) is -4.35. The van der Waals surface area contributed by atoms with Crippen molar-refractivity contribution >= 4 is 16.1 Å². The molecule has 0 radical (unpaired) electrons. The van der Waals surface area contributed by atoms with Gasteiger partial charge >= 0.3 is 16.1 Å². The zero-order chi connectivity index (χ0) is 12.8. The van der Waals surface area contributed by atoms with Gasteiger partial charge in [-0.25, -0.2) is 4.79 Å². The van der Waals surface area contributed by atoms with Crippen molar-refractivity contribution in [3.63, 3.8) is 0 Å². The molecule has 1 atom stereocenters. The predicted octanol–water partition coefficient (Wildman–Crippen LogP) is 1.22. The number of hydrogen-bond donors (Lipinski definition) is 1. The molecule has 7 heteroatoms. The van der Waals surface area contributed by atoms with Gasteiger partial charge in [0.05, 0.1) is 0 Å². The highest BCUT2D eigenvalue weighted by atomic mass is 32.2. The first-order chi connectivity index (χ1) is 7.27. The van der Waals surface area contributed by atoms with E-state index >= 15 is 0 Å². The molecule has 0 rings (SSSR count). The minimum absolute atomic E-state index is 0.0333. The molecule has 0 bridgehead atoms. The molecular weight excluding hydrogens is 236 g/mol. The lowest BCUT2D eigenvalue weighted by Gasteiger charge is -2.23. The van der Waals surface area contributed by atoms with Crippen molar-refractivity contribution in [3.05, 3.63) is 25.2 Å². The summed E-state index contributed by atoms with van der Waals surface area (Å²) in [5.74, 6) is -0.704. The van der Waals surface area contributed by atoms with Gasteiger partial charge in [0.2, 0.25) is 4.93 Å². The number of rotatable bonds is 6. The lowest BCUT2D eigenvalue weighted by molar-refractivity contribution is -0.132. The van der Waals surface area contributed by atoms with Crippen LogP contribution in [0.2, 0.25) is 0 Å². The second-order valence-corrected chi connectivity index (χ2v) is 4.81. The molecule has 0 aliphatic rings. The van der Waals surface area contributed by atoms with Crippen molar-refractivity contribution in [3.8, 4) is 0 Å². The molecule has 0 aliphatic carbocycles. The van der Waals surface area contributed by atoms with Crippen molar-refractivity contribution in [2.24, 2.45) is 0 Å². The molecule has 0 saturated carbocycles. The standard InChI is InChI=1S/C9H14O6S/c1-4-8(10)14-6-7-15-9(3,5-2)16(11,12)13/h4,6-7H,1,5H2,2-3H3,(H,11,12,13). The summed E-state index contributed by atoms with van der Waals surface area (Å²) in [6, 6.07) is 0. The lowest BCUT2D eigenvalue weighted by Crippen LogP contribution is -2.35. The van der Waals surface area contributed by atoms with Gasteiger partial charge in [0, 0.05) is 12.5 Å². The number of ether oxygens (including phenoxy) is 2. The van der Waals surface area contributed by atoms with E-state index in [-0.39, 0.29) is 6.42 Å². The van der Waals surface area contributed by atoms with Crippen LogP contribution < -0.4 is 0 Å². The summed E-state index contributed by atoms with van der Waals surface area (Å²) in [6.07, 6.45) is 2.71. The summed E-state index contributed by atoms with van der Waals surface area (Å²) in [6.45, 7) is 5.88. The molecule has 6 nitrogen and oxygen atoms in total. The molecule has 0 heterocycles. The topological polar surface area (TPSA) is 89.9 Å². The van der Waals surface area contributed by atoms with Crippen LogP contribution in [0, 0.1) is 0 Å². The molecule has 0 spiro atoms. The molecule has 1 N–H and O–H groups in total. The van der Waals surface area contributed by atoms with Gasteiger partial charge in [-0.2, -0.15) is 8.42 Å². The maximum Gasteiger partial charge on any atom is 0.335 e. The van der Waals surface area contributed by atoms with Crippen LogP contribution in [0.15, 0.2) is 25.2 Å². The highest BCUT2D eigenvalue weighted by Gasteiger charge is 2.37. The van der Waals surface area contributed by atoms with Crippen molar-refractivity contribution in [1.82, 2.24) is 0 Å². The number of esters is 1. The maximum atomic E-state index is 10.9. The Balaban J connectivity index is 4.48. The first-order valence-corrected chi connectivity index (χ1v) is 5.83. The highest BCUT2D eigenvalue weighted by molar-refractivity contribution is 7.87. The van der Waals surface area contributed by atoms with E-state index in [1.54, 1.807) is 0 Å². The van der Waals surface area contributed by atoms with Gasteiger partial charge in [0.1, 0.15) is 12.5 Å². The first-order valence-electron chi connectivity index (χ1n) is 4.39. The van der Waals surface area contributed by atoms with Crippen LogP contribution >= 0.6 is 0 Å². The smallest absolute Gasteiger partial charge is 0.335 e. The van der Waals surface area contributed by atoms with Gasteiger partial charge in [0.25, 0.3) is 0 Å². The van der Waals surface area contributed by atoms with Crippen molar-refractivity contribution in [2.75, 3.05) is 0 Å². The average Bonchev–Trinajstić information content (AvgIpc) is 2.21. The summed E-state index contributed by atoms with van der Waals surface area (Å²) in [5.41, 5.74) is 0. The lowest BCUT2D eigenvalue weighted by atomic mass is 10.3. The third-order valence-electron chi connectivity index (χ3n) is 1.91. The summed E-state index contributed by atoms with van der Waals surface area (Å²) >= 11 is 0. The highest BCUT2D eigenvalue weighted by Crippen LogP contribution is 2.21. The van der Waals surface area contributed by atoms with Crippen LogP contribution in [-0.4, -0.2) is 23.9 Å². The van der Waals surface area contributed by atoms with Gasteiger partial charge in [0.15, 0.2) is 0 Å². The Labute approximate surface area is 94.3 Å². The van der Waals surface area contributed by atoms with Crippen LogP contribution in [0.4, 0.5) is 0 Å². The van der Waals surface area contributed by atoms with Gasteiger partial charge in [-0.3, -0.25) is 4.55 Å². The fraction of sp³-hybridized carbons (Fsp3) is 0.444. The normalized spacial score (nSPS) is 15.4. The summed E-state index contributed by atoms with van der Waals surface area (Å²) in [5, 5.41) is 0.